The highest BCUT2D eigenvalue weighted by atomic mass is 32.2. The van der Waals surface area contributed by atoms with Crippen LogP contribution in [0.5, 0.6) is 5.75 Å². The molecule has 1 aliphatic rings. The lowest BCUT2D eigenvalue weighted by atomic mass is 10.1. The van der Waals surface area contributed by atoms with Gasteiger partial charge >= 0.3 is 5.56 Å². The number of nitrogens with zero attached hydrogens (tertiary/aromatic N) is 4. The summed E-state index contributed by atoms with van der Waals surface area (Å²) < 4.78 is 25.1. The molecule has 11 heteroatoms. The number of hydrogen-bond acceptors (Lipinski definition) is 9. The third kappa shape index (κ3) is 7.06. The van der Waals surface area contributed by atoms with E-state index in [9.17, 15) is 14.5 Å². The van der Waals surface area contributed by atoms with E-state index in [2.05, 4.69) is 9.82 Å². The Hall–Kier alpha value is -3.09. The normalized spacial score (nSPS) is 15.4. The van der Waals surface area contributed by atoms with Crippen LogP contribution in [-0.4, -0.2) is 62.1 Å². The molecule has 0 spiro atoms. The van der Waals surface area contributed by atoms with Crippen LogP contribution in [0.25, 0.3) is 5.69 Å². The van der Waals surface area contributed by atoms with Crippen LogP contribution in [0.15, 0.2) is 59.5 Å². The van der Waals surface area contributed by atoms with Crippen molar-refractivity contribution >= 4 is 22.9 Å². The van der Waals surface area contributed by atoms with Gasteiger partial charge < -0.3 is 25.0 Å². The average Bonchev–Trinajstić information content (AvgIpc) is 2.90. The number of piperazine rings is 1. The Balaban J connectivity index is 1.45. The Bertz CT molecular complexity index is 1270. The Morgan fingerprint density at radius 1 is 1.16 bits per heavy atom. The number of aromatic nitrogens is 2. The summed E-state index contributed by atoms with van der Waals surface area (Å²) in [6, 6.07) is 15.0. The summed E-state index contributed by atoms with van der Waals surface area (Å²) in [5.41, 5.74) is 8.63. The van der Waals surface area contributed by atoms with Gasteiger partial charge in [0.25, 0.3) is 0 Å². The first kappa shape index (κ1) is 27.9. The number of nitrogen functional groups attached to an aromatic ring is 1. The predicted octanol–water partition coefficient (Wildman–Crippen LogP) is 2.15. The molecule has 1 saturated heterocycles. The van der Waals surface area contributed by atoms with E-state index in [0.29, 0.717) is 56.2 Å². The van der Waals surface area contributed by atoms with Crippen molar-refractivity contribution in [2.24, 2.45) is 0 Å². The van der Waals surface area contributed by atoms with Crippen molar-refractivity contribution in [3.8, 4) is 11.4 Å². The molecule has 1 fully saturated rings. The minimum Gasteiger partial charge on any atom is -0.579 e. The van der Waals surface area contributed by atoms with Crippen LogP contribution in [0, 0.1) is 6.92 Å². The molecule has 1 aliphatic heterocycles. The molecule has 0 bridgehead atoms. The van der Waals surface area contributed by atoms with Crippen molar-refractivity contribution in [2.75, 3.05) is 43.4 Å². The molecule has 204 valence electrons. The predicted molar refractivity (Wildman–Crippen MR) is 151 cm³/mol. The molecule has 2 aromatic carbocycles. The van der Waals surface area contributed by atoms with E-state index in [4.69, 9.17) is 10.5 Å². The monoisotopic (exact) mass is 540 g/mol. The highest BCUT2D eigenvalue weighted by Crippen LogP contribution is 2.26. The number of hydrogen-bond donors (Lipinski definition) is 3. The van der Waals surface area contributed by atoms with Crippen molar-refractivity contribution in [3.63, 3.8) is 0 Å². The molecular weight excluding hydrogens is 504 g/mol. The second-order valence-corrected chi connectivity index (χ2v) is 11.3. The van der Waals surface area contributed by atoms with Crippen molar-refractivity contribution < 1.29 is 14.4 Å². The van der Waals surface area contributed by atoms with Crippen LogP contribution in [-0.2, 0) is 18.1 Å². The smallest absolute Gasteiger partial charge is 0.316 e. The van der Waals surface area contributed by atoms with Crippen molar-refractivity contribution in [1.29, 1.82) is 0 Å². The minimum absolute atomic E-state index is 0.183. The van der Waals surface area contributed by atoms with Crippen LogP contribution < -0.4 is 25.7 Å². The lowest BCUT2D eigenvalue weighted by Crippen LogP contribution is -2.52. The van der Waals surface area contributed by atoms with Gasteiger partial charge in [0.2, 0.25) is 5.75 Å². The quantitative estimate of drug-likeness (QED) is 0.261. The van der Waals surface area contributed by atoms with Gasteiger partial charge in [-0.15, -0.1) is 9.03 Å². The zero-order valence-electron chi connectivity index (χ0n) is 22.1. The molecule has 1 atom stereocenters. The molecule has 38 heavy (non-hydrogen) atoms. The number of rotatable bonds is 10. The molecule has 0 amide bonds. The molecule has 4 N–H and O–H groups in total. The summed E-state index contributed by atoms with van der Waals surface area (Å²) in [4.78, 5) is 15.5. The first-order valence-corrected chi connectivity index (χ1v) is 13.8. The molecule has 3 aromatic rings. The fraction of sp³-hybridized carbons (Fsp3) is 0.407. The molecule has 1 aromatic heterocycles. The molecule has 0 saturated carbocycles. The summed E-state index contributed by atoms with van der Waals surface area (Å²) in [6.45, 7) is 8.13. The zero-order chi connectivity index (χ0) is 27.3. The summed E-state index contributed by atoms with van der Waals surface area (Å²) in [5.74, 6) is 0.192. The maximum absolute atomic E-state index is 13.4. The third-order valence-corrected chi connectivity index (χ3v) is 7.66. The van der Waals surface area contributed by atoms with Crippen LogP contribution in [0.3, 0.4) is 0 Å². The Morgan fingerprint density at radius 2 is 1.87 bits per heavy atom. The van der Waals surface area contributed by atoms with Crippen molar-refractivity contribution in [2.45, 2.75) is 39.3 Å². The highest BCUT2D eigenvalue weighted by Gasteiger charge is 2.29. The number of aryl methyl sites for hydroxylation is 1. The first-order chi connectivity index (χ1) is 18.1. The first-order valence-electron chi connectivity index (χ1n) is 12.7. The number of nitrogens with one attached hydrogen (secondary N) is 1. The van der Waals surface area contributed by atoms with Gasteiger partial charge in [-0.1, -0.05) is 30.3 Å². The fourth-order valence-electron chi connectivity index (χ4n) is 4.08. The van der Waals surface area contributed by atoms with E-state index >= 15 is 0 Å². The molecule has 0 radical (unpaired) electrons. The highest BCUT2D eigenvalue weighted by molar-refractivity contribution is 7.87. The largest absolute Gasteiger partial charge is 0.579 e. The van der Waals surface area contributed by atoms with Crippen LogP contribution >= 0.6 is 0 Å². The molecule has 2 heterocycles. The molecule has 10 nitrogen and oxygen atoms in total. The Morgan fingerprint density at radius 3 is 2.53 bits per heavy atom. The van der Waals surface area contributed by atoms with Gasteiger partial charge in [0.05, 0.1) is 43.7 Å². The van der Waals surface area contributed by atoms with E-state index in [1.165, 1.54) is 4.68 Å². The average molecular weight is 541 g/mol. The van der Waals surface area contributed by atoms with Gasteiger partial charge in [0.1, 0.15) is 17.2 Å². The van der Waals surface area contributed by atoms with Gasteiger partial charge in [0.15, 0.2) is 0 Å². The zero-order valence-corrected chi connectivity index (χ0v) is 22.9. The van der Waals surface area contributed by atoms with Gasteiger partial charge in [-0.05, 0) is 50.1 Å². The Labute approximate surface area is 226 Å². The molecular formula is C27H36N6O4S. The SMILES string of the molecule is Cc1ccc(CN[S+]([O-])N2CCN(c3cnn(-c4ccccc4)c(=O)c3OCCC(C)(C)O)CC2)cc1N. The van der Waals surface area contributed by atoms with Crippen molar-refractivity contribution in [3.05, 3.63) is 76.2 Å². The standard InChI is InChI=1S/C27H36N6O4S/c1-20-9-10-21(17-23(20)28)18-30-38(36)32-14-12-31(13-15-32)24-19-29-33(22-7-5-4-6-8-22)26(34)25(24)37-16-11-27(2,3)35/h4-10,17,19,30,35H,11-16,18,28H2,1-3H3. The number of ether oxygens (including phenoxy) is 1. The van der Waals surface area contributed by atoms with E-state index in [-0.39, 0.29) is 17.9 Å². The van der Waals surface area contributed by atoms with Crippen LogP contribution in [0.2, 0.25) is 0 Å². The lowest BCUT2D eigenvalue weighted by molar-refractivity contribution is 0.0551. The van der Waals surface area contributed by atoms with Gasteiger partial charge in [0, 0.05) is 25.2 Å². The maximum atomic E-state index is 13.4. The summed E-state index contributed by atoms with van der Waals surface area (Å²) >= 11 is -1.37. The van der Waals surface area contributed by atoms with Crippen molar-refractivity contribution in [1.82, 2.24) is 18.8 Å². The summed E-state index contributed by atoms with van der Waals surface area (Å²) in [5, 5.41) is 14.5. The third-order valence-electron chi connectivity index (χ3n) is 6.43. The van der Waals surface area contributed by atoms with E-state index < -0.39 is 17.1 Å². The number of para-hydroxylation sites is 1. The second kappa shape index (κ2) is 12.2. The molecule has 0 aliphatic carbocycles. The van der Waals surface area contributed by atoms with E-state index in [1.54, 1.807) is 32.2 Å². The Kier molecular flexibility index (Phi) is 8.95. The van der Waals surface area contributed by atoms with Crippen LogP contribution in [0.4, 0.5) is 11.4 Å². The van der Waals surface area contributed by atoms with Gasteiger partial charge in [-0.2, -0.15) is 9.78 Å². The minimum atomic E-state index is -1.37. The van der Waals surface area contributed by atoms with Gasteiger partial charge in [-0.3, -0.25) is 4.79 Å². The lowest BCUT2D eigenvalue weighted by Gasteiger charge is -2.35. The molecule has 1 unspecified atom stereocenters. The maximum Gasteiger partial charge on any atom is 0.316 e. The van der Waals surface area contributed by atoms with E-state index in [0.717, 1.165) is 11.1 Å². The summed E-state index contributed by atoms with van der Waals surface area (Å²) in [7, 11) is 0. The van der Waals surface area contributed by atoms with E-state index in [1.807, 2.05) is 52.5 Å². The summed E-state index contributed by atoms with van der Waals surface area (Å²) in [6.07, 6.45) is 2.01. The second-order valence-electron chi connectivity index (χ2n) is 10.00. The number of nitrogens with two attached hydrogens (primary N) is 1. The fourth-order valence-corrected chi connectivity index (χ4v) is 5.04. The number of anilines is 2. The number of benzene rings is 2. The van der Waals surface area contributed by atoms with Crippen LogP contribution in [0.1, 0.15) is 31.4 Å². The topological polar surface area (TPSA) is 132 Å². The number of aliphatic hydroxyl groups is 1. The van der Waals surface area contributed by atoms with Gasteiger partial charge in [-0.25, -0.2) is 0 Å². The molecule has 4 rings (SSSR count).